The average molecular weight is 347 g/mol. The molecule has 128 valence electrons. The van der Waals surface area contributed by atoms with Gasteiger partial charge < -0.3 is 4.90 Å². The number of carbonyl (C=O) groups is 1. The first-order valence-corrected chi connectivity index (χ1v) is 9.74. The van der Waals surface area contributed by atoms with Gasteiger partial charge in [-0.2, -0.15) is 5.10 Å². The zero-order chi connectivity index (χ0) is 17.3. The molecular weight excluding hydrogens is 326 g/mol. The first kappa shape index (κ1) is 16.7. The number of nitrogens with zero attached hydrogens (tertiary/aromatic N) is 3. The van der Waals surface area contributed by atoms with Gasteiger partial charge in [-0.3, -0.25) is 9.48 Å². The maximum atomic E-state index is 13.0. The van der Waals surface area contributed by atoms with Crippen molar-refractivity contribution in [2.24, 2.45) is 7.05 Å². The second kappa shape index (κ2) is 6.39. The van der Waals surface area contributed by atoms with Crippen LogP contribution in [0.5, 0.6) is 0 Å². The van der Waals surface area contributed by atoms with Gasteiger partial charge in [-0.15, -0.1) is 0 Å². The Labute approximate surface area is 142 Å². The Kier molecular flexibility index (Phi) is 4.45. The quantitative estimate of drug-likeness (QED) is 0.844. The molecule has 0 N–H and O–H groups in total. The van der Waals surface area contributed by atoms with Gasteiger partial charge in [-0.05, 0) is 12.5 Å². The van der Waals surface area contributed by atoms with E-state index in [1.54, 1.807) is 29.0 Å². The van der Waals surface area contributed by atoms with Crippen molar-refractivity contribution in [2.45, 2.75) is 18.9 Å². The number of aromatic nitrogens is 2. The molecule has 24 heavy (non-hydrogen) atoms. The highest BCUT2D eigenvalue weighted by Gasteiger charge is 2.37. The van der Waals surface area contributed by atoms with E-state index in [1.165, 1.54) is 0 Å². The molecule has 1 aliphatic rings. The van der Waals surface area contributed by atoms with Crippen molar-refractivity contribution in [2.75, 3.05) is 18.1 Å². The molecule has 0 spiro atoms. The van der Waals surface area contributed by atoms with Crippen molar-refractivity contribution >= 4 is 15.7 Å². The monoisotopic (exact) mass is 347 g/mol. The molecule has 7 heteroatoms. The van der Waals surface area contributed by atoms with Crippen LogP contribution in [0, 0.1) is 0 Å². The molecule has 1 aliphatic heterocycles. The van der Waals surface area contributed by atoms with E-state index >= 15 is 0 Å². The fraction of sp³-hybridized carbons (Fsp3) is 0.412. The van der Waals surface area contributed by atoms with Gasteiger partial charge in [-0.1, -0.05) is 30.3 Å². The third-order valence-corrected chi connectivity index (χ3v) is 6.12. The highest BCUT2D eigenvalue weighted by molar-refractivity contribution is 7.91. The number of sulfone groups is 1. The number of amides is 1. The zero-order valence-electron chi connectivity index (χ0n) is 13.8. The van der Waals surface area contributed by atoms with Crippen LogP contribution in [0.3, 0.4) is 0 Å². The van der Waals surface area contributed by atoms with E-state index in [0.717, 1.165) is 11.1 Å². The fourth-order valence-corrected chi connectivity index (χ4v) is 4.59. The van der Waals surface area contributed by atoms with Crippen LogP contribution < -0.4 is 0 Å². The Morgan fingerprint density at radius 3 is 2.62 bits per heavy atom. The van der Waals surface area contributed by atoms with Crippen molar-refractivity contribution in [3.05, 3.63) is 53.9 Å². The van der Waals surface area contributed by atoms with Crippen LogP contribution in [0.2, 0.25) is 0 Å². The van der Waals surface area contributed by atoms with Crippen LogP contribution in [-0.2, 0) is 21.7 Å². The summed E-state index contributed by atoms with van der Waals surface area (Å²) in [6.07, 6.45) is 3.41. The van der Waals surface area contributed by atoms with Crippen LogP contribution in [-0.4, -0.2) is 47.1 Å². The molecule has 0 aliphatic carbocycles. The summed E-state index contributed by atoms with van der Waals surface area (Å²) in [6.45, 7) is 2.08. The fourth-order valence-electron chi connectivity index (χ4n) is 3.09. The Morgan fingerprint density at radius 1 is 1.29 bits per heavy atom. The van der Waals surface area contributed by atoms with E-state index < -0.39 is 15.9 Å². The molecule has 1 amide bonds. The lowest BCUT2D eigenvalue weighted by molar-refractivity contribution is -0.134. The predicted molar refractivity (Wildman–Crippen MR) is 91.2 cm³/mol. The van der Waals surface area contributed by atoms with E-state index in [0.29, 0.717) is 0 Å². The van der Waals surface area contributed by atoms with Crippen molar-refractivity contribution in [3.63, 3.8) is 0 Å². The summed E-state index contributed by atoms with van der Waals surface area (Å²) in [7, 11) is -1.38. The van der Waals surface area contributed by atoms with Crippen LogP contribution in [0.25, 0.3) is 0 Å². The molecule has 1 saturated heterocycles. The van der Waals surface area contributed by atoms with E-state index in [-0.39, 0.29) is 29.9 Å². The summed E-state index contributed by atoms with van der Waals surface area (Å²) in [5, 5.41) is 4.12. The molecule has 0 unspecified atom stereocenters. The van der Waals surface area contributed by atoms with Gasteiger partial charge in [0.2, 0.25) is 5.91 Å². The third-order valence-electron chi connectivity index (χ3n) is 4.49. The molecule has 0 radical (unpaired) electrons. The standard InChI is InChI=1S/C17H21N3O3S/c1-13(14-6-4-3-5-7-14)17(21)20-8-9-24(22,23)12-16(20)15-10-18-19(2)11-15/h3-7,10-11,13,16H,8-9,12H2,1-2H3/t13-,16+/m0/s1. The van der Waals surface area contributed by atoms with E-state index in [1.807, 2.05) is 37.3 Å². The summed E-state index contributed by atoms with van der Waals surface area (Å²) in [6, 6.07) is 9.07. The average Bonchev–Trinajstić information content (AvgIpc) is 3.00. The maximum absolute atomic E-state index is 13.0. The summed E-state index contributed by atoms with van der Waals surface area (Å²) in [5.74, 6) is -0.403. The van der Waals surface area contributed by atoms with Crippen LogP contribution in [0.15, 0.2) is 42.7 Å². The normalized spacial score (nSPS) is 21.4. The predicted octanol–water partition coefficient (Wildman–Crippen LogP) is 1.52. The highest BCUT2D eigenvalue weighted by Crippen LogP contribution is 2.30. The first-order valence-electron chi connectivity index (χ1n) is 7.92. The van der Waals surface area contributed by atoms with Crippen LogP contribution in [0.1, 0.15) is 30.0 Å². The van der Waals surface area contributed by atoms with Crippen molar-refractivity contribution < 1.29 is 13.2 Å². The van der Waals surface area contributed by atoms with Gasteiger partial charge in [0.05, 0.1) is 29.7 Å². The van der Waals surface area contributed by atoms with Crippen LogP contribution in [0.4, 0.5) is 0 Å². The van der Waals surface area contributed by atoms with E-state index in [2.05, 4.69) is 5.10 Å². The molecule has 0 saturated carbocycles. The number of benzene rings is 1. The summed E-state index contributed by atoms with van der Waals surface area (Å²) < 4.78 is 25.8. The number of hydrogen-bond acceptors (Lipinski definition) is 4. The second-order valence-corrected chi connectivity index (χ2v) is 8.47. The summed E-state index contributed by atoms with van der Waals surface area (Å²) in [4.78, 5) is 14.7. The zero-order valence-corrected chi connectivity index (χ0v) is 14.6. The lowest BCUT2D eigenvalue weighted by Crippen LogP contribution is -2.47. The minimum absolute atomic E-state index is 0.0109. The SMILES string of the molecule is C[C@H](C(=O)N1CCS(=O)(=O)C[C@@H]1c1cnn(C)c1)c1ccccc1. The first-order chi connectivity index (χ1) is 11.4. The van der Waals surface area contributed by atoms with Gasteiger partial charge in [0.15, 0.2) is 9.84 Å². The molecular formula is C17H21N3O3S. The van der Waals surface area contributed by atoms with Gasteiger partial charge in [-0.25, -0.2) is 8.42 Å². The number of aryl methyl sites for hydroxylation is 1. The molecule has 2 heterocycles. The van der Waals surface area contributed by atoms with E-state index in [4.69, 9.17) is 0 Å². The Hall–Kier alpha value is -2.15. The molecule has 1 aromatic heterocycles. The Bertz CT molecular complexity index is 830. The van der Waals surface area contributed by atoms with Crippen molar-refractivity contribution in [1.29, 1.82) is 0 Å². The molecule has 6 nitrogen and oxygen atoms in total. The molecule has 2 atom stereocenters. The molecule has 0 bridgehead atoms. The second-order valence-electron chi connectivity index (χ2n) is 6.24. The van der Waals surface area contributed by atoms with E-state index in [9.17, 15) is 13.2 Å². The van der Waals surface area contributed by atoms with Crippen molar-refractivity contribution in [1.82, 2.24) is 14.7 Å². The molecule has 2 aromatic rings. The minimum Gasteiger partial charge on any atom is -0.333 e. The Morgan fingerprint density at radius 2 is 2.00 bits per heavy atom. The van der Waals surface area contributed by atoms with Crippen molar-refractivity contribution in [3.8, 4) is 0 Å². The smallest absolute Gasteiger partial charge is 0.230 e. The minimum atomic E-state index is -3.16. The Balaban J connectivity index is 1.90. The number of carbonyl (C=O) groups excluding carboxylic acids is 1. The maximum Gasteiger partial charge on any atom is 0.230 e. The lowest BCUT2D eigenvalue weighted by atomic mass is 9.98. The third kappa shape index (κ3) is 3.36. The number of hydrogen-bond donors (Lipinski definition) is 0. The summed E-state index contributed by atoms with van der Waals surface area (Å²) >= 11 is 0. The number of rotatable bonds is 3. The topological polar surface area (TPSA) is 72.3 Å². The lowest BCUT2D eigenvalue weighted by Gasteiger charge is -2.36. The highest BCUT2D eigenvalue weighted by atomic mass is 32.2. The molecule has 1 aromatic carbocycles. The van der Waals surface area contributed by atoms with Gasteiger partial charge in [0, 0.05) is 25.4 Å². The van der Waals surface area contributed by atoms with Crippen LogP contribution >= 0.6 is 0 Å². The summed E-state index contributed by atoms with van der Waals surface area (Å²) in [5.41, 5.74) is 1.69. The molecule has 1 fully saturated rings. The van der Waals surface area contributed by atoms with Gasteiger partial charge in [0.1, 0.15) is 0 Å². The largest absolute Gasteiger partial charge is 0.333 e. The van der Waals surface area contributed by atoms with Gasteiger partial charge >= 0.3 is 0 Å². The van der Waals surface area contributed by atoms with Gasteiger partial charge in [0.25, 0.3) is 0 Å². The molecule has 3 rings (SSSR count).